The maximum atomic E-state index is 10.4. The number of hydrogen-bond donors (Lipinski definition) is 1. The molecule has 1 N–H and O–H groups in total. The lowest BCUT2D eigenvalue weighted by Crippen LogP contribution is -2.18. The number of rotatable bonds is 2. The average Bonchev–Trinajstić information content (AvgIpc) is 1.82. The molecule has 1 aliphatic heterocycles. The van der Waals surface area contributed by atoms with Crippen LogP contribution in [0.2, 0.25) is 0 Å². The van der Waals surface area contributed by atoms with Gasteiger partial charge in [-0.05, 0) is 25.5 Å². The monoisotopic (exact) mass is 154 g/mol. The Balaban J connectivity index is 2.77. The number of aliphatic carboxylic acids is 1. The molecule has 0 spiro atoms. The zero-order valence-corrected chi connectivity index (χ0v) is 6.50. The highest BCUT2D eigenvalue weighted by Crippen LogP contribution is 2.19. The van der Waals surface area contributed by atoms with Crippen molar-refractivity contribution in [3.05, 3.63) is 23.5 Å². The summed E-state index contributed by atoms with van der Waals surface area (Å²) in [6.07, 6.45) is 3.26. The molecule has 3 nitrogen and oxygen atoms in total. The van der Waals surface area contributed by atoms with Crippen LogP contribution in [0.5, 0.6) is 0 Å². The van der Waals surface area contributed by atoms with Crippen LogP contribution in [0.15, 0.2) is 23.5 Å². The molecule has 0 bridgehead atoms. The van der Waals surface area contributed by atoms with Crippen molar-refractivity contribution < 1.29 is 14.6 Å². The molecule has 0 amide bonds. The molecular formula is C8H10O3. The van der Waals surface area contributed by atoms with Crippen molar-refractivity contribution in [2.45, 2.75) is 20.0 Å². The molecule has 0 saturated heterocycles. The first-order valence-electron chi connectivity index (χ1n) is 3.35. The molecule has 60 valence electrons. The zero-order valence-electron chi connectivity index (χ0n) is 6.50. The van der Waals surface area contributed by atoms with Gasteiger partial charge < -0.3 is 9.84 Å². The third-order valence-electron chi connectivity index (χ3n) is 1.82. The first kappa shape index (κ1) is 7.85. The summed E-state index contributed by atoms with van der Waals surface area (Å²) in [5.41, 5.74) is 1.12. The van der Waals surface area contributed by atoms with Crippen LogP contribution in [-0.4, -0.2) is 17.2 Å². The van der Waals surface area contributed by atoms with Crippen LogP contribution >= 0.6 is 0 Å². The summed E-state index contributed by atoms with van der Waals surface area (Å²) in [7, 11) is 0. The predicted molar refractivity (Wildman–Crippen MR) is 40.0 cm³/mol. The van der Waals surface area contributed by atoms with Gasteiger partial charge in [-0.1, -0.05) is 0 Å². The maximum Gasteiger partial charge on any atom is 0.331 e. The van der Waals surface area contributed by atoms with Crippen LogP contribution in [0.4, 0.5) is 0 Å². The van der Waals surface area contributed by atoms with Crippen molar-refractivity contribution in [3.63, 3.8) is 0 Å². The van der Waals surface area contributed by atoms with E-state index in [2.05, 4.69) is 0 Å². The Labute approximate surface area is 65.0 Å². The molecule has 1 rings (SSSR count). The summed E-state index contributed by atoms with van der Waals surface area (Å²) < 4.78 is 4.96. The molecule has 0 aromatic rings. The fourth-order valence-corrected chi connectivity index (χ4v) is 0.786. The van der Waals surface area contributed by atoms with E-state index in [4.69, 9.17) is 9.84 Å². The van der Waals surface area contributed by atoms with Gasteiger partial charge in [0.25, 0.3) is 0 Å². The molecule has 0 aliphatic carbocycles. The molecular weight excluding hydrogens is 144 g/mol. The second-order valence-electron chi connectivity index (χ2n) is 2.50. The third-order valence-corrected chi connectivity index (χ3v) is 1.82. The lowest BCUT2D eigenvalue weighted by molar-refractivity contribution is -0.132. The zero-order chi connectivity index (χ0) is 8.43. The van der Waals surface area contributed by atoms with Crippen LogP contribution in [0.25, 0.3) is 0 Å². The molecule has 0 aromatic heterocycles. The summed E-state index contributed by atoms with van der Waals surface area (Å²) in [6, 6.07) is 0. The van der Waals surface area contributed by atoms with Crippen molar-refractivity contribution in [2.75, 3.05) is 0 Å². The van der Waals surface area contributed by atoms with Crippen molar-refractivity contribution in [2.24, 2.45) is 0 Å². The van der Waals surface area contributed by atoms with E-state index in [0.717, 1.165) is 5.57 Å². The minimum Gasteiger partial charge on any atom is -0.490 e. The van der Waals surface area contributed by atoms with Gasteiger partial charge in [0.15, 0.2) is 0 Å². The van der Waals surface area contributed by atoms with E-state index in [1.807, 2.05) is 6.08 Å². The number of hydrogen-bond acceptors (Lipinski definition) is 2. The minimum absolute atomic E-state index is 0.119. The second-order valence-corrected chi connectivity index (χ2v) is 2.50. The number of carboxylic acids is 1. The van der Waals surface area contributed by atoms with Crippen LogP contribution in [-0.2, 0) is 9.53 Å². The highest BCUT2D eigenvalue weighted by Gasteiger charge is 2.17. The van der Waals surface area contributed by atoms with E-state index >= 15 is 0 Å². The Morgan fingerprint density at radius 1 is 1.55 bits per heavy atom. The maximum absolute atomic E-state index is 10.4. The van der Waals surface area contributed by atoms with Gasteiger partial charge in [-0.3, -0.25) is 0 Å². The minimum atomic E-state index is -0.883. The lowest BCUT2D eigenvalue weighted by atomic mass is 10.0. The smallest absolute Gasteiger partial charge is 0.331 e. The standard InChI is InChI=1S/C8H10O3/c1-5(6(2)8(9)10)7-3-4-11-7/h3-4,7H,1-2H3,(H,9,10). The SMILES string of the molecule is CC(C(=O)O)=C(C)C1C=CO1. The molecule has 11 heavy (non-hydrogen) atoms. The summed E-state index contributed by atoms with van der Waals surface area (Å²) in [5, 5.41) is 8.58. The molecule has 0 fully saturated rings. The van der Waals surface area contributed by atoms with Gasteiger partial charge in [0.2, 0.25) is 0 Å². The molecule has 0 radical (unpaired) electrons. The Morgan fingerprint density at radius 3 is 2.36 bits per heavy atom. The summed E-state index contributed by atoms with van der Waals surface area (Å²) in [6.45, 7) is 3.34. The average molecular weight is 154 g/mol. The van der Waals surface area contributed by atoms with Crippen LogP contribution < -0.4 is 0 Å². The summed E-state index contributed by atoms with van der Waals surface area (Å²) >= 11 is 0. The summed E-state index contributed by atoms with van der Waals surface area (Å²) in [4.78, 5) is 10.4. The fraction of sp³-hybridized carbons (Fsp3) is 0.375. The van der Waals surface area contributed by atoms with Crippen molar-refractivity contribution >= 4 is 5.97 Å². The highest BCUT2D eigenvalue weighted by atomic mass is 16.5. The molecule has 0 aromatic carbocycles. The highest BCUT2D eigenvalue weighted by molar-refractivity contribution is 5.87. The fourth-order valence-electron chi connectivity index (χ4n) is 0.786. The molecule has 1 atom stereocenters. The van der Waals surface area contributed by atoms with Crippen LogP contribution in [0.3, 0.4) is 0 Å². The van der Waals surface area contributed by atoms with Gasteiger partial charge in [-0.15, -0.1) is 0 Å². The van der Waals surface area contributed by atoms with E-state index in [1.165, 1.54) is 0 Å². The number of ether oxygens (including phenoxy) is 1. The van der Waals surface area contributed by atoms with Crippen molar-refractivity contribution in [1.29, 1.82) is 0 Å². The number of carboxylic acid groups (broad SMARTS) is 1. The lowest BCUT2D eigenvalue weighted by Gasteiger charge is -2.21. The Kier molecular flexibility index (Phi) is 1.98. The quantitative estimate of drug-likeness (QED) is 0.610. The van der Waals surface area contributed by atoms with E-state index in [0.29, 0.717) is 5.57 Å². The van der Waals surface area contributed by atoms with Gasteiger partial charge in [0, 0.05) is 5.57 Å². The van der Waals surface area contributed by atoms with Gasteiger partial charge in [0.1, 0.15) is 6.10 Å². The van der Waals surface area contributed by atoms with Gasteiger partial charge >= 0.3 is 5.97 Å². The first-order chi connectivity index (χ1) is 5.13. The van der Waals surface area contributed by atoms with Crippen molar-refractivity contribution in [3.8, 4) is 0 Å². The topological polar surface area (TPSA) is 46.5 Å². The van der Waals surface area contributed by atoms with E-state index < -0.39 is 5.97 Å². The van der Waals surface area contributed by atoms with Crippen LogP contribution in [0.1, 0.15) is 13.8 Å². The van der Waals surface area contributed by atoms with E-state index in [1.54, 1.807) is 20.1 Å². The molecule has 0 saturated carbocycles. The summed E-state index contributed by atoms with van der Waals surface area (Å²) in [5.74, 6) is -0.883. The van der Waals surface area contributed by atoms with Gasteiger partial charge in [-0.2, -0.15) is 0 Å². The van der Waals surface area contributed by atoms with Crippen LogP contribution in [0, 0.1) is 0 Å². The Bertz CT molecular complexity index is 238. The molecule has 1 unspecified atom stereocenters. The van der Waals surface area contributed by atoms with Crippen molar-refractivity contribution in [1.82, 2.24) is 0 Å². The predicted octanol–water partition coefficient (Wildman–Crippen LogP) is 1.32. The Morgan fingerprint density at radius 2 is 2.09 bits per heavy atom. The van der Waals surface area contributed by atoms with Gasteiger partial charge in [0.05, 0.1) is 6.26 Å². The molecule has 1 aliphatic rings. The van der Waals surface area contributed by atoms with E-state index in [9.17, 15) is 4.79 Å². The third kappa shape index (κ3) is 1.42. The number of carbonyl (C=O) groups is 1. The van der Waals surface area contributed by atoms with Gasteiger partial charge in [-0.25, -0.2) is 4.79 Å². The Hall–Kier alpha value is -1.25. The second kappa shape index (κ2) is 2.78. The normalized spacial score (nSPS) is 23.3. The van der Waals surface area contributed by atoms with E-state index in [-0.39, 0.29) is 6.10 Å². The molecule has 3 heteroatoms. The largest absolute Gasteiger partial charge is 0.490 e. The first-order valence-corrected chi connectivity index (χ1v) is 3.35. The molecule has 1 heterocycles.